The number of pyridine rings is 1. The van der Waals surface area contributed by atoms with Gasteiger partial charge in [0.05, 0.1) is 5.69 Å². The molecule has 3 aromatic rings. The van der Waals surface area contributed by atoms with Crippen LogP contribution >= 0.6 is 0 Å². The molecule has 0 atom stereocenters. The topological polar surface area (TPSA) is 84.8 Å². The molecule has 3 rings (SSSR count). The Morgan fingerprint density at radius 3 is 2.65 bits per heavy atom. The minimum atomic E-state index is -3.67. The van der Waals surface area contributed by atoms with Crippen LogP contribution in [-0.2, 0) is 10.0 Å². The van der Waals surface area contributed by atoms with Crippen molar-refractivity contribution in [1.82, 2.24) is 15.0 Å². The van der Waals surface area contributed by atoms with Gasteiger partial charge >= 0.3 is 0 Å². The summed E-state index contributed by atoms with van der Waals surface area (Å²) in [4.78, 5) is 12.3. The summed E-state index contributed by atoms with van der Waals surface area (Å²) in [6.45, 7) is 1.80. The van der Waals surface area contributed by atoms with Gasteiger partial charge < -0.3 is 0 Å². The lowest BCUT2D eigenvalue weighted by Crippen LogP contribution is -2.13. The van der Waals surface area contributed by atoms with Gasteiger partial charge in [0, 0.05) is 29.8 Å². The minimum Gasteiger partial charge on any atom is -0.280 e. The van der Waals surface area contributed by atoms with Crippen LogP contribution in [0.2, 0.25) is 0 Å². The highest BCUT2D eigenvalue weighted by Crippen LogP contribution is 2.22. The van der Waals surface area contributed by atoms with Crippen molar-refractivity contribution in [3.05, 3.63) is 66.9 Å². The molecule has 1 aromatic carbocycles. The minimum absolute atomic E-state index is 0.114. The van der Waals surface area contributed by atoms with Crippen LogP contribution in [0.25, 0.3) is 11.3 Å². The van der Waals surface area contributed by atoms with Crippen LogP contribution in [0, 0.1) is 6.92 Å². The Bertz CT molecular complexity index is 928. The standard InChI is InChI=1S/C16H14N4O2S/c1-12-18-9-7-16(19-12)13-4-2-5-14(10-13)20-23(21,22)15-6-3-8-17-11-15/h2-11,20H,1H3. The fraction of sp³-hybridized carbons (Fsp3) is 0.0625. The second-order valence-electron chi connectivity index (χ2n) is 4.86. The number of rotatable bonds is 4. The number of nitrogens with one attached hydrogen (secondary N) is 1. The zero-order chi connectivity index (χ0) is 16.3. The van der Waals surface area contributed by atoms with Crippen molar-refractivity contribution in [2.24, 2.45) is 0 Å². The van der Waals surface area contributed by atoms with E-state index in [1.54, 1.807) is 43.5 Å². The van der Waals surface area contributed by atoms with E-state index >= 15 is 0 Å². The average molecular weight is 326 g/mol. The highest BCUT2D eigenvalue weighted by atomic mass is 32.2. The smallest absolute Gasteiger partial charge is 0.263 e. The van der Waals surface area contributed by atoms with Crippen molar-refractivity contribution in [2.45, 2.75) is 11.8 Å². The summed E-state index contributed by atoms with van der Waals surface area (Å²) in [6.07, 6.45) is 4.50. The molecule has 7 heteroatoms. The number of benzene rings is 1. The molecule has 0 saturated carbocycles. The van der Waals surface area contributed by atoms with E-state index in [0.717, 1.165) is 11.3 Å². The average Bonchev–Trinajstić information content (AvgIpc) is 2.55. The Morgan fingerprint density at radius 1 is 1.04 bits per heavy atom. The van der Waals surface area contributed by atoms with E-state index in [1.807, 2.05) is 6.07 Å². The molecule has 2 aromatic heterocycles. The predicted octanol–water partition coefficient (Wildman–Crippen LogP) is 2.65. The number of aromatic nitrogens is 3. The number of sulfonamides is 1. The summed E-state index contributed by atoms with van der Waals surface area (Å²) in [7, 11) is -3.67. The van der Waals surface area contributed by atoms with E-state index in [0.29, 0.717) is 11.5 Å². The monoisotopic (exact) mass is 326 g/mol. The van der Waals surface area contributed by atoms with Gasteiger partial charge in [-0.1, -0.05) is 12.1 Å². The molecular weight excluding hydrogens is 312 g/mol. The maximum absolute atomic E-state index is 12.3. The van der Waals surface area contributed by atoms with E-state index in [1.165, 1.54) is 18.5 Å². The molecule has 0 amide bonds. The van der Waals surface area contributed by atoms with E-state index in [-0.39, 0.29) is 4.90 Å². The molecule has 0 radical (unpaired) electrons. The Hall–Kier alpha value is -2.80. The predicted molar refractivity (Wildman–Crippen MR) is 87.3 cm³/mol. The third-order valence-corrected chi connectivity index (χ3v) is 4.50. The van der Waals surface area contributed by atoms with Gasteiger partial charge in [-0.15, -0.1) is 0 Å². The van der Waals surface area contributed by atoms with Gasteiger partial charge in [0.2, 0.25) is 0 Å². The van der Waals surface area contributed by atoms with Crippen LogP contribution < -0.4 is 4.72 Å². The van der Waals surface area contributed by atoms with Gasteiger partial charge in [-0.25, -0.2) is 18.4 Å². The van der Waals surface area contributed by atoms with Crippen LogP contribution in [0.4, 0.5) is 5.69 Å². The van der Waals surface area contributed by atoms with E-state index in [2.05, 4.69) is 19.7 Å². The zero-order valence-electron chi connectivity index (χ0n) is 12.3. The molecule has 0 aliphatic carbocycles. The summed E-state index contributed by atoms with van der Waals surface area (Å²) in [5.41, 5.74) is 2.00. The van der Waals surface area contributed by atoms with Crippen molar-refractivity contribution in [1.29, 1.82) is 0 Å². The Balaban J connectivity index is 1.92. The number of hydrogen-bond acceptors (Lipinski definition) is 5. The largest absolute Gasteiger partial charge is 0.280 e. The molecule has 23 heavy (non-hydrogen) atoms. The third-order valence-electron chi connectivity index (χ3n) is 3.13. The van der Waals surface area contributed by atoms with Crippen molar-refractivity contribution in [2.75, 3.05) is 4.72 Å². The number of aryl methyl sites for hydroxylation is 1. The molecule has 0 unspecified atom stereocenters. The number of hydrogen-bond donors (Lipinski definition) is 1. The molecule has 0 spiro atoms. The van der Waals surface area contributed by atoms with E-state index < -0.39 is 10.0 Å². The summed E-state index contributed by atoms with van der Waals surface area (Å²) in [5.74, 6) is 0.656. The van der Waals surface area contributed by atoms with Crippen LogP contribution in [0.1, 0.15) is 5.82 Å². The van der Waals surface area contributed by atoms with Crippen molar-refractivity contribution < 1.29 is 8.42 Å². The first kappa shape index (κ1) is 15.1. The summed E-state index contributed by atoms with van der Waals surface area (Å²) < 4.78 is 27.2. The fourth-order valence-corrected chi connectivity index (χ4v) is 3.09. The van der Waals surface area contributed by atoms with Crippen LogP contribution in [0.3, 0.4) is 0 Å². The van der Waals surface area contributed by atoms with Crippen molar-refractivity contribution >= 4 is 15.7 Å². The molecular formula is C16H14N4O2S. The Morgan fingerprint density at radius 2 is 1.91 bits per heavy atom. The molecule has 116 valence electrons. The molecule has 0 aliphatic heterocycles. The fourth-order valence-electron chi connectivity index (χ4n) is 2.08. The second kappa shape index (κ2) is 6.13. The quantitative estimate of drug-likeness (QED) is 0.796. The normalized spacial score (nSPS) is 11.2. The van der Waals surface area contributed by atoms with Crippen LogP contribution in [0.15, 0.2) is 66.0 Å². The van der Waals surface area contributed by atoms with Gasteiger partial charge in [0.1, 0.15) is 10.7 Å². The third kappa shape index (κ3) is 3.51. The first-order chi connectivity index (χ1) is 11.0. The number of nitrogens with zero attached hydrogens (tertiary/aromatic N) is 3. The lowest BCUT2D eigenvalue weighted by atomic mass is 10.1. The first-order valence-electron chi connectivity index (χ1n) is 6.87. The molecule has 0 aliphatic rings. The Labute approximate surface area is 134 Å². The van der Waals surface area contributed by atoms with E-state index in [9.17, 15) is 8.42 Å². The highest BCUT2D eigenvalue weighted by molar-refractivity contribution is 7.92. The molecule has 1 N–H and O–H groups in total. The summed E-state index contributed by atoms with van der Waals surface area (Å²) in [6, 6.07) is 11.9. The first-order valence-corrected chi connectivity index (χ1v) is 8.36. The SMILES string of the molecule is Cc1nccc(-c2cccc(NS(=O)(=O)c3cccnc3)c2)n1. The number of anilines is 1. The molecule has 0 bridgehead atoms. The van der Waals surface area contributed by atoms with Gasteiger partial charge in [-0.05, 0) is 37.3 Å². The lowest BCUT2D eigenvalue weighted by molar-refractivity contribution is 0.601. The maximum Gasteiger partial charge on any atom is 0.263 e. The van der Waals surface area contributed by atoms with Crippen molar-refractivity contribution in [3.8, 4) is 11.3 Å². The molecule has 2 heterocycles. The lowest BCUT2D eigenvalue weighted by Gasteiger charge is -2.09. The van der Waals surface area contributed by atoms with Crippen molar-refractivity contribution in [3.63, 3.8) is 0 Å². The summed E-state index contributed by atoms with van der Waals surface area (Å²) >= 11 is 0. The van der Waals surface area contributed by atoms with Gasteiger partial charge in [0.15, 0.2) is 0 Å². The molecule has 0 fully saturated rings. The van der Waals surface area contributed by atoms with Gasteiger partial charge in [-0.2, -0.15) is 0 Å². The van der Waals surface area contributed by atoms with Crippen LogP contribution in [0.5, 0.6) is 0 Å². The van der Waals surface area contributed by atoms with Gasteiger partial charge in [0.25, 0.3) is 10.0 Å². The highest BCUT2D eigenvalue weighted by Gasteiger charge is 2.14. The van der Waals surface area contributed by atoms with Gasteiger partial charge in [-0.3, -0.25) is 9.71 Å². The van der Waals surface area contributed by atoms with Crippen LogP contribution in [-0.4, -0.2) is 23.4 Å². The molecule has 6 nitrogen and oxygen atoms in total. The maximum atomic E-state index is 12.3. The Kier molecular flexibility index (Phi) is 4.03. The summed E-state index contributed by atoms with van der Waals surface area (Å²) in [5, 5.41) is 0. The zero-order valence-corrected chi connectivity index (χ0v) is 13.2. The second-order valence-corrected chi connectivity index (χ2v) is 6.55. The molecule has 0 saturated heterocycles. The van der Waals surface area contributed by atoms with E-state index in [4.69, 9.17) is 0 Å².